The zero-order chi connectivity index (χ0) is 31.0. The van der Waals surface area contributed by atoms with Crippen LogP contribution in [0.5, 0.6) is 0 Å². The average molecular weight is 585 g/mol. The summed E-state index contributed by atoms with van der Waals surface area (Å²) in [4.78, 5) is 31.2. The molecule has 2 aromatic carbocycles. The maximum absolute atomic E-state index is 13.1. The highest BCUT2D eigenvalue weighted by molar-refractivity contribution is 6.04. The van der Waals surface area contributed by atoms with Gasteiger partial charge in [0.15, 0.2) is 0 Å². The third-order valence-electron chi connectivity index (χ3n) is 8.05. The van der Waals surface area contributed by atoms with Crippen LogP contribution in [-0.2, 0) is 16.6 Å². The first-order valence-electron chi connectivity index (χ1n) is 14.7. The predicted octanol–water partition coefficient (Wildman–Crippen LogP) is 5.56. The Labute approximate surface area is 254 Å². The number of piperidine rings is 1. The number of fused-ring (bicyclic) bond motifs is 1. The molecule has 0 atom stereocenters. The first kappa shape index (κ1) is 31.7. The number of hydrogen-bond donors (Lipinski definition) is 2. The molecule has 4 aromatic rings. The molecule has 0 aliphatic carbocycles. The van der Waals surface area contributed by atoms with Gasteiger partial charge in [0.2, 0.25) is 6.41 Å². The first-order chi connectivity index (χ1) is 20.6. The molecule has 228 valence electrons. The van der Waals surface area contributed by atoms with Crippen molar-refractivity contribution < 1.29 is 14.3 Å². The summed E-state index contributed by atoms with van der Waals surface area (Å²) in [5, 5.41) is 6.42. The van der Waals surface area contributed by atoms with E-state index >= 15 is 0 Å². The van der Waals surface area contributed by atoms with Crippen molar-refractivity contribution >= 4 is 40.4 Å². The van der Waals surface area contributed by atoms with E-state index in [4.69, 9.17) is 9.53 Å². The van der Waals surface area contributed by atoms with E-state index in [9.17, 15) is 4.79 Å². The number of nitrogens with zero attached hydrogens (tertiary/aromatic N) is 4. The van der Waals surface area contributed by atoms with E-state index in [0.29, 0.717) is 30.3 Å². The predicted molar refractivity (Wildman–Crippen MR) is 174 cm³/mol. The number of anilines is 3. The number of amides is 2. The van der Waals surface area contributed by atoms with Crippen molar-refractivity contribution in [3.05, 3.63) is 84.2 Å². The number of aryl methyl sites for hydroxylation is 1. The van der Waals surface area contributed by atoms with Crippen LogP contribution in [0.1, 0.15) is 48.5 Å². The number of nitrogens with one attached hydrogen (secondary N) is 2. The number of hydrogen-bond acceptors (Lipinski definition) is 6. The molecule has 1 fully saturated rings. The summed E-state index contributed by atoms with van der Waals surface area (Å²) in [6.45, 7) is 7.00. The number of benzene rings is 2. The lowest BCUT2D eigenvalue weighted by atomic mass is 9.89. The fourth-order valence-corrected chi connectivity index (χ4v) is 5.31. The molecular weight excluding hydrogens is 540 g/mol. The van der Waals surface area contributed by atoms with Crippen molar-refractivity contribution in [2.45, 2.75) is 38.2 Å². The fraction of sp³-hybridized carbons (Fsp3) is 0.382. The number of likely N-dealkylation sites (tertiary alicyclic amines) is 1. The highest BCUT2D eigenvalue weighted by Crippen LogP contribution is 2.32. The maximum atomic E-state index is 13.1. The average Bonchev–Trinajstić information content (AvgIpc) is 3.40. The maximum Gasteiger partial charge on any atom is 0.256 e. The van der Waals surface area contributed by atoms with Gasteiger partial charge in [0.25, 0.3) is 5.91 Å². The Morgan fingerprint density at radius 2 is 1.72 bits per heavy atom. The van der Waals surface area contributed by atoms with E-state index in [-0.39, 0.29) is 5.91 Å². The Morgan fingerprint density at radius 1 is 1.05 bits per heavy atom. The lowest BCUT2D eigenvalue weighted by Crippen LogP contribution is -2.37. The van der Waals surface area contributed by atoms with E-state index in [1.54, 1.807) is 20.4 Å². The summed E-state index contributed by atoms with van der Waals surface area (Å²) in [6.07, 6.45) is 6.75. The van der Waals surface area contributed by atoms with Crippen LogP contribution in [0, 0.1) is 0 Å². The van der Waals surface area contributed by atoms with Crippen molar-refractivity contribution in [3.63, 3.8) is 0 Å². The molecule has 1 aliphatic rings. The largest absolute Gasteiger partial charge is 0.377 e. The number of methoxy groups -OCH3 is 1. The quantitative estimate of drug-likeness (QED) is 0.250. The van der Waals surface area contributed by atoms with Gasteiger partial charge < -0.3 is 29.7 Å². The highest BCUT2D eigenvalue weighted by Gasteiger charge is 2.24. The smallest absolute Gasteiger partial charge is 0.256 e. The van der Waals surface area contributed by atoms with Gasteiger partial charge in [0, 0.05) is 67.5 Å². The van der Waals surface area contributed by atoms with Gasteiger partial charge in [-0.25, -0.2) is 4.98 Å². The number of ether oxygens (including phenoxy) is 1. The zero-order valence-electron chi connectivity index (χ0n) is 26.1. The van der Waals surface area contributed by atoms with Crippen molar-refractivity contribution in [1.29, 1.82) is 0 Å². The van der Waals surface area contributed by atoms with Crippen LogP contribution in [0.2, 0.25) is 0 Å². The minimum atomic E-state index is -0.395. The monoisotopic (exact) mass is 584 g/mol. The molecule has 0 radical (unpaired) electrons. The Bertz CT molecular complexity index is 1510. The molecule has 2 N–H and O–H groups in total. The molecule has 43 heavy (non-hydrogen) atoms. The van der Waals surface area contributed by atoms with Crippen molar-refractivity contribution in [2.24, 2.45) is 7.05 Å². The van der Waals surface area contributed by atoms with E-state index < -0.39 is 5.60 Å². The molecule has 9 nitrogen and oxygen atoms in total. The van der Waals surface area contributed by atoms with Crippen LogP contribution >= 0.6 is 0 Å². The SMILES string of the molecule is CNC=O.COC(C)(C)CN(c1ccnc(NC(=O)c2ccc(C3CCN(C)CC3)cc2)c1)c1ccc2c(ccn2C)c1. The third kappa shape index (κ3) is 8.21. The topological polar surface area (TPSA) is 91.7 Å². The van der Waals surface area contributed by atoms with Gasteiger partial charge in [-0.1, -0.05) is 12.1 Å². The molecule has 2 aromatic heterocycles. The normalized spacial score (nSPS) is 14.1. The second kappa shape index (κ2) is 14.3. The van der Waals surface area contributed by atoms with Gasteiger partial charge in [-0.3, -0.25) is 9.59 Å². The number of carbonyl (C=O) groups excluding carboxylic acids is 2. The molecule has 9 heteroatoms. The van der Waals surface area contributed by atoms with Crippen LogP contribution in [-0.4, -0.2) is 73.2 Å². The number of pyridine rings is 1. The van der Waals surface area contributed by atoms with Crippen LogP contribution < -0.4 is 15.5 Å². The van der Waals surface area contributed by atoms with Gasteiger partial charge in [-0.05, 0) is 101 Å². The summed E-state index contributed by atoms with van der Waals surface area (Å²) in [5.41, 5.74) is 4.70. The standard InChI is InChI=1S/C32H39N5O2.C2H5NO/c1-32(2,39-5)22-37(27-10-11-29-26(20-27)15-19-36(29)4)28-12-16-33-30(21-28)34-31(38)25-8-6-23(7-9-25)24-13-17-35(3)18-14-24;1-3-2-4/h6-12,15-16,19-21,24H,13-14,17-18,22H2,1-5H3,(H,33,34,38);2H,1H3,(H,3,4). The molecular formula is C34H44N6O3. The number of rotatable bonds is 9. The highest BCUT2D eigenvalue weighted by atomic mass is 16.5. The van der Waals surface area contributed by atoms with Gasteiger partial charge >= 0.3 is 0 Å². The molecule has 1 saturated heterocycles. The molecule has 0 bridgehead atoms. The molecule has 2 amide bonds. The Morgan fingerprint density at radius 3 is 2.37 bits per heavy atom. The van der Waals surface area contributed by atoms with Gasteiger partial charge in [0.05, 0.1) is 12.1 Å². The third-order valence-corrected chi connectivity index (χ3v) is 8.05. The minimum Gasteiger partial charge on any atom is -0.377 e. The summed E-state index contributed by atoms with van der Waals surface area (Å²) in [7, 11) is 7.52. The first-order valence-corrected chi connectivity index (χ1v) is 14.7. The van der Waals surface area contributed by atoms with Crippen molar-refractivity contribution in [2.75, 3.05) is 51.1 Å². The van der Waals surface area contributed by atoms with Crippen LogP contribution in [0.25, 0.3) is 10.9 Å². The van der Waals surface area contributed by atoms with Crippen molar-refractivity contribution in [1.82, 2.24) is 19.8 Å². The summed E-state index contributed by atoms with van der Waals surface area (Å²) in [6, 6.07) is 20.5. The number of carbonyl (C=O) groups is 2. The van der Waals surface area contributed by atoms with Crippen molar-refractivity contribution in [3.8, 4) is 0 Å². The molecule has 0 unspecified atom stereocenters. The number of aromatic nitrogens is 2. The molecule has 0 spiro atoms. The van der Waals surface area contributed by atoms with Gasteiger partial charge in [-0.15, -0.1) is 0 Å². The Balaban J connectivity index is 0.000000996. The van der Waals surface area contributed by atoms with E-state index in [1.165, 1.54) is 16.5 Å². The Kier molecular flexibility index (Phi) is 10.6. The molecule has 3 heterocycles. The Hall–Kier alpha value is -4.21. The summed E-state index contributed by atoms with van der Waals surface area (Å²) >= 11 is 0. The lowest BCUT2D eigenvalue weighted by Gasteiger charge is -2.33. The van der Waals surface area contributed by atoms with Crippen LogP contribution in [0.4, 0.5) is 17.2 Å². The lowest BCUT2D eigenvalue weighted by molar-refractivity contribution is -0.109. The molecule has 0 saturated carbocycles. The molecule has 1 aliphatic heterocycles. The summed E-state index contributed by atoms with van der Waals surface area (Å²) < 4.78 is 7.89. The second-order valence-corrected chi connectivity index (χ2v) is 11.7. The fourth-order valence-electron chi connectivity index (χ4n) is 5.31. The van der Waals surface area contributed by atoms with E-state index in [1.807, 2.05) is 31.3 Å². The zero-order valence-corrected chi connectivity index (χ0v) is 26.1. The van der Waals surface area contributed by atoms with Gasteiger partial charge in [0.1, 0.15) is 5.82 Å². The van der Waals surface area contributed by atoms with E-state index in [0.717, 1.165) is 37.3 Å². The second-order valence-electron chi connectivity index (χ2n) is 11.7. The summed E-state index contributed by atoms with van der Waals surface area (Å²) in [5.74, 6) is 0.913. The van der Waals surface area contributed by atoms with Gasteiger partial charge in [-0.2, -0.15) is 0 Å². The van der Waals surface area contributed by atoms with Crippen LogP contribution in [0.3, 0.4) is 0 Å². The van der Waals surface area contributed by atoms with E-state index in [2.05, 4.69) is 93.5 Å². The molecule has 5 rings (SSSR count). The van der Waals surface area contributed by atoms with Crippen LogP contribution in [0.15, 0.2) is 73.1 Å². The minimum absolute atomic E-state index is 0.163.